The third-order valence-electron chi connectivity index (χ3n) is 2.49. The standard InChI is InChI=1S/C10H13N3O3/c14-8-3-6(4-9(15)13-8)10(16)12-7-1-2-11-5-7/h3-4,7,11H,1-2,5H2,(H,12,16)(H2,13,14,15)/t7-/m0/s1. The predicted octanol–water partition coefficient (Wildman–Crippen LogP) is -0.828. The molecular formula is C10H13N3O3. The molecule has 0 bridgehead atoms. The smallest absolute Gasteiger partial charge is 0.251 e. The number of nitrogens with one attached hydrogen (secondary N) is 3. The normalized spacial score (nSPS) is 19.6. The average Bonchev–Trinajstić information content (AvgIpc) is 2.68. The van der Waals surface area contributed by atoms with E-state index in [1.54, 1.807) is 0 Å². The fraction of sp³-hybridized carbons (Fsp3) is 0.400. The summed E-state index contributed by atoms with van der Waals surface area (Å²) in [7, 11) is 0. The van der Waals surface area contributed by atoms with E-state index < -0.39 is 5.56 Å². The Morgan fingerprint density at radius 1 is 1.50 bits per heavy atom. The van der Waals surface area contributed by atoms with Crippen LogP contribution in [0.1, 0.15) is 16.8 Å². The lowest BCUT2D eigenvalue weighted by atomic mass is 10.2. The number of aromatic hydroxyl groups is 1. The Labute approximate surface area is 91.7 Å². The number of carbonyl (C=O) groups is 1. The number of hydrogen-bond donors (Lipinski definition) is 4. The summed E-state index contributed by atoms with van der Waals surface area (Å²) in [5, 5.41) is 15.1. The minimum atomic E-state index is -0.491. The molecule has 0 saturated carbocycles. The van der Waals surface area contributed by atoms with Crippen LogP contribution in [0.25, 0.3) is 0 Å². The van der Waals surface area contributed by atoms with Gasteiger partial charge in [0.05, 0.1) is 5.56 Å². The van der Waals surface area contributed by atoms with E-state index in [1.807, 2.05) is 0 Å². The summed E-state index contributed by atoms with van der Waals surface area (Å²) < 4.78 is 0. The lowest BCUT2D eigenvalue weighted by Crippen LogP contribution is -2.36. The van der Waals surface area contributed by atoms with Crippen LogP contribution in [0, 0.1) is 0 Å². The van der Waals surface area contributed by atoms with Gasteiger partial charge in [-0.25, -0.2) is 0 Å². The molecule has 1 aromatic heterocycles. The van der Waals surface area contributed by atoms with Gasteiger partial charge >= 0.3 is 0 Å². The summed E-state index contributed by atoms with van der Waals surface area (Å²) in [6.45, 7) is 1.62. The fourth-order valence-electron chi connectivity index (χ4n) is 1.71. The van der Waals surface area contributed by atoms with Crippen molar-refractivity contribution in [2.75, 3.05) is 13.1 Å². The SMILES string of the molecule is O=C(N[C@H]1CCNC1)c1cc(O)[nH]c(=O)c1. The van der Waals surface area contributed by atoms with E-state index in [0.29, 0.717) is 0 Å². The van der Waals surface area contributed by atoms with Gasteiger partial charge in [0.1, 0.15) is 0 Å². The van der Waals surface area contributed by atoms with Gasteiger partial charge in [-0.2, -0.15) is 0 Å². The summed E-state index contributed by atoms with van der Waals surface area (Å²) in [5.41, 5.74) is -0.317. The maximum atomic E-state index is 11.7. The van der Waals surface area contributed by atoms with E-state index >= 15 is 0 Å². The fourth-order valence-corrected chi connectivity index (χ4v) is 1.71. The van der Waals surface area contributed by atoms with Crippen LogP contribution in [-0.2, 0) is 0 Å². The zero-order valence-electron chi connectivity index (χ0n) is 8.62. The van der Waals surface area contributed by atoms with Gasteiger partial charge in [-0.05, 0) is 13.0 Å². The number of hydrogen-bond acceptors (Lipinski definition) is 4. The minimum absolute atomic E-state index is 0.0916. The largest absolute Gasteiger partial charge is 0.494 e. The third-order valence-corrected chi connectivity index (χ3v) is 2.49. The first-order chi connectivity index (χ1) is 7.65. The highest BCUT2D eigenvalue weighted by molar-refractivity contribution is 5.94. The van der Waals surface area contributed by atoms with Gasteiger partial charge in [0, 0.05) is 24.7 Å². The van der Waals surface area contributed by atoms with E-state index in [2.05, 4.69) is 15.6 Å². The molecule has 2 heterocycles. The molecule has 1 atom stereocenters. The van der Waals surface area contributed by atoms with Gasteiger partial charge < -0.3 is 15.7 Å². The molecule has 0 unspecified atom stereocenters. The van der Waals surface area contributed by atoms with Gasteiger partial charge in [-0.3, -0.25) is 14.6 Å². The van der Waals surface area contributed by atoms with Crippen molar-refractivity contribution in [3.63, 3.8) is 0 Å². The molecule has 0 aromatic carbocycles. The Balaban J connectivity index is 2.10. The molecule has 2 rings (SSSR count). The number of H-pyrrole nitrogens is 1. The number of amides is 1. The van der Waals surface area contributed by atoms with E-state index in [-0.39, 0.29) is 23.4 Å². The summed E-state index contributed by atoms with van der Waals surface area (Å²) in [6.07, 6.45) is 0.876. The van der Waals surface area contributed by atoms with Crippen LogP contribution in [0.5, 0.6) is 5.88 Å². The summed E-state index contributed by atoms with van der Waals surface area (Å²) in [4.78, 5) is 24.9. The molecule has 1 fully saturated rings. The summed E-state index contributed by atoms with van der Waals surface area (Å²) in [5.74, 6) is -0.641. The van der Waals surface area contributed by atoms with E-state index in [1.165, 1.54) is 6.07 Å². The number of rotatable bonds is 2. The quantitative estimate of drug-likeness (QED) is 0.526. The van der Waals surface area contributed by atoms with Crippen LogP contribution in [-0.4, -0.2) is 35.1 Å². The molecule has 4 N–H and O–H groups in total. The van der Waals surface area contributed by atoms with Crippen molar-refractivity contribution < 1.29 is 9.90 Å². The molecule has 16 heavy (non-hydrogen) atoms. The zero-order chi connectivity index (χ0) is 11.5. The summed E-state index contributed by atoms with van der Waals surface area (Å²) >= 11 is 0. The number of carbonyl (C=O) groups excluding carboxylic acids is 1. The third kappa shape index (κ3) is 2.40. The Morgan fingerprint density at radius 2 is 2.31 bits per heavy atom. The van der Waals surface area contributed by atoms with Crippen molar-refractivity contribution in [3.05, 3.63) is 28.0 Å². The molecular weight excluding hydrogens is 210 g/mol. The molecule has 1 amide bonds. The van der Waals surface area contributed by atoms with Crippen LogP contribution in [0.15, 0.2) is 16.9 Å². The van der Waals surface area contributed by atoms with Gasteiger partial charge in [0.25, 0.3) is 11.5 Å². The summed E-state index contributed by atoms with van der Waals surface area (Å²) in [6, 6.07) is 2.49. The molecule has 0 spiro atoms. The van der Waals surface area contributed by atoms with E-state index in [4.69, 9.17) is 5.11 Å². The van der Waals surface area contributed by atoms with Crippen LogP contribution in [0.4, 0.5) is 0 Å². The first kappa shape index (κ1) is 10.7. The van der Waals surface area contributed by atoms with Crippen molar-refractivity contribution in [3.8, 4) is 5.88 Å². The molecule has 1 saturated heterocycles. The molecule has 1 aromatic rings. The van der Waals surface area contributed by atoms with Crippen LogP contribution in [0.3, 0.4) is 0 Å². The molecule has 6 heteroatoms. The second-order valence-electron chi connectivity index (χ2n) is 3.78. The second-order valence-corrected chi connectivity index (χ2v) is 3.78. The Kier molecular flexibility index (Phi) is 2.91. The Hall–Kier alpha value is -1.82. The average molecular weight is 223 g/mol. The topological polar surface area (TPSA) is 94.2 Å². The first-order valence-corrected chi connectivity index (χ1v) is 5.10. The highest BCUT2D eigenvalue weighted by Crippen LogP contribution is 2.05. The van der Waals surface area contributed by atoms with Crippen LogP contribution >= 0.6 is 0 Å². The van der Waals surface area contributed by atoms with E-state index in [0.717, 1.165) is 25.6 Å². The first-order valence-electron chi connectivity index (χ1n) is 5.10. The van der Waals surface area contributed by atoms with Gasteiger partial charge in [0.2, 0.25) is 0 Å². The molecule has 1 aliphatic rings. The van der Waals surface area contributed by atoms with Crippen LogP contribution in [0.2, 0.25) is 0 Å². The van der Waals surface area contributed by atoms with Crippen molar-refractivity contribution in [2.24, 2.45) is 0 Å². The highest BCUT2D eigenvalue weighted by atomic mass is 16.3. The number of pyridine rings is 1. The van der Waals surface area contributed by atoms with Crippen molar-refractivity contribution in [1.29, 1.82) is 0 Å². The van der Waals surface area contributed by atoms with E-state index in [9.17, 15) is 9.59 Å². The molecule has 6 nitrogen and oxygen atoms in total. The maximum absolute atomic E-state index is 11.7. The molecule has 0 aliphatic carbocycles. The van der Waals surface area contributed by atoms with Gasteiger partial charge in [-0.15, -0.1) is 0 Å². The lowest BCUT2D eigenvalue weighted by molar-refractivity contribution is 0.0939. The van der Waals surface area contributed by atoms with Crippen LogP contribution < -0.4 is 16.2 Å². The van der Waals surface area contributed by atoms with Crippen molar-refractivity contribution in [2.45, 2.75) is 12.5 Å². The number of aromatic amines is 1. The monoisotopic (exact) mass is 223 g/mol. The zero-order valence-corrected chi connectivity index (χ0v) is 8.62. The van der Waals surface area contributed by atoms with Crippen molar-refractivity contribution in [1.82, 2.24) is 15.6 Å². The highest BCUT2D eigenvalue weighted by Gasteiger charge is 2.17. The molecule has 1 aliphatic heterocycles. The van der Waals surface area contributed by atoms with Gasteiger partial charge in [-0.1, -0.05) is 0 Å². The Bertz CT molecular complexity index is 449. The maximum Gasteiger partial charge on any atom is 0.251 e. The molecule has 0 radical (unpaired) electrons. The molecule has 86 valence electrons. The second kappa shape index (κ2) is 4.36. The van der Waals surface area contributed by atoms with Gasteiger partial charge in [0.15, 0.2) is 5.88 Å². The lowest BCUT2D eigenvalue weighted by Gasteiger charge is -2.10. The predicted molar refractivity (Wildman–Crippen MR) is 57.5 cm³/mol. The van der Waals surface area contributed by atoms with Crippen molar-refractivity contribution >= 4 is 5.91 Å². The Morgan fingerprint density at radius 3 is 2.94 bits per heavy atom. The minimum Gasteiger partial charge on any atom is -0.494 e. The number of aromatic nitrogens is 1.